The van der Waals surface area contributed by atoms with Crippen LogP contribution in [0.4, 0.5) is 18.9 Å². The third-order valence-corrected chi connectivity index (χ3v) is 3.47. The van der Waals surface area contributed by atoms with E-state index in [2.05, 4.69) is 4.98 Å². The van der Waals surface area contributed by atoms with Crippen molar-refractivity contribution in [2.24, 2.45) is 0 Å². The molecule has 1 saturated carbocycles. The smallest absolute Gasteiger partial charge is 0.398 e. The zero-order valence-corrected chi connectivity index (χ0v) is 11.1. The van der Waals surface area contributed by atoms with Crippen molar-refractivity contribution < 1.29 is 13.2 Å². The van der Waals surface area contributed by atoms with Gasteiger partial charge in [0.2, 0.25) is 0 Å². The summed E-state index contributed by atoms with van der Waals surface area (Å²) in [6.45, 7) is 2.98. The molecule has 0 radical (unpaired) electrons. The average Bonchev–Trinajstić information content (AvgIpc) is 3.11. The Morgan fingerprint density at radius 1 is 1.37 bits per heavy atom. The highest BCUT2D eigenvalue weighted by Gasteiger charge is 2.38. The molecule has 0 spiro atoms. The molecule has 1 heterocycles. The summed E-state index contributed by atoms with van der Waals surface area (Å²) in [4.78, 5) is 5.68. The summed E-state index contributed by atoms with van der Waals surface area (Å²) in [6.07, 6.45) is -0.893. The highest BCUT2D eigenvalue weighted by molar-refractivity contribution is 5.53. The van der Waals surface area contributed by atoms with Crippen LogP contribution in [-0.2, 0) is 6.54 Å². The number of hydrogen-bond donors (Lipinski definition) is 1. The maximum atomic E-state index is 12.6. The molecule has 0 amide bonds. The van der Waals surface area contributed by atoms with Crippen molar-refractivity contribution >= 4 is 5.69 Å². The van der Waals surface area contributed by atoms with Crippen LogP contribution >= 0.6 is 0 Å². The zero-order valence-electron chi connectivity index (χ0n) is 11.1. The predicted octanol–water partition coefficient (Wildman–Crippen LogP) is 2.81. The molecular weight excluding hydrogens is 255 g/mol. The number of aryl methyl sites for hydroxylation is 1. The number of pyridine rings is 1. The van der Waals surface area contributed by atoms with Gasteiger partial charge in [0, 0.05) is 24.5 Å². The summed E-state index contributed by atoms with van der Waals surface area (Å²) < 4.78 is 37.7. The van der Waals surface area contributed by atoms with Gasteiger partial charge in [-0.2, -0.15) is 13.2 Å². The SMILES string of the molecule is Cc1cnc(CN(CC(F)(F)F)C2CC2)c(C)c1N. The van der Waals surface area contributed by atoms with Crippen molar-refractivity contribution in [2.75, 3.05) is 12.3 Å². The first-order chi connectivity index (χ1) is 8.78. The van der Waals surface area contributed by atoms with Gasteiger partial charge in [-0.3, -0.25) is 9.88 Å². The van der Waals surface area contributed by atoms with Crippen molar-refractivity contribution in [1.29, 1.82) is 0 Å². The standard InChI is InChI=1S/C13H18F3N3/c1-8-5-18-11(9(2)12(8)17)6-19(10-3-4-10)7-13(14,15)16/h5,10H,3-4,6-7H2,1-2H3,(H2,17,18). The third-order valence-electron chi connectivity index (χ3n) is 3.47. The second-order valence-electron chi connectivity index (χ2n) is 5.18. The van der Waals surface area contributed by atoms with Crippen molar-refractivity contribution in [2.45, 2.75) is 45.5 Å². The second kappa shape index (κ2) is 5.00. The zero-order chi connectivity index (χ0) is 14.2. The number of alkyl halides is 3. The van der Waals surface area contributed by atoms with Gasteiger partial charge in [0.1, 0.15) is 0 Å². The van der Waals surface area contributed by atoms with Gasteiger partial charge in [0.25, 0.3) is 0 Å². The molecule has 3 nitrogen and oxygen atoms in total. The Kier molecular flexibility index (Phi) is 3.71. The molecule has 6 heteroatoms. The normalized spacial score (nSPS) is 16.1. The maximum Gasteiger partial charge on any atom is 0.401 e. The van der Waals surface area contributed by atoms with Gasteiger partial charge in [0.05, 0.1) is 12.2 Å². The summed E-state index contributed by atoms with van der Waals surface area (Å²) in [7, 11) is 0. The van der Waals surface area contributed by atoms with Crippen LogP contribution in [0.25, 0.3) is 0 Å². The molecule has 0 aromatic carbocycles. The maximum absolute atomic E-state index is 12.6. The molecule has 0 saturated heterocycles. The fourth-order valence-electron chi connectivity index (χ4n) is 2.13. The van der Waals surface area contributed by atoms with Gasteiger partial charge in [0.15, 0.2) is 0 Å². The Hall–Kier alpha value is -1.30. The second-order valence-corrected chi connectivity index (χ2v) is 5.18. The third kappa shape index (κ3) is 3.59. The average molecular weight is 273 g/mol. The molecule has 2 rings (SSSR count). The van der Waals surface area contributed by atoms with E-state index in [9.17, 15) is 13.2 Å². The monoisotopic (exact) mass is 273 g/mol. The van der Waals surface area contributed by atoms with Crippen LogP contribution < -0.4 is 5.73 Å². The van der Waals surface area contributed by atoms with Gasteiger partial charge in [-0.1, -0.05) is 0 Å². The Morgan fingerprint density at radius 3 is 2.53 bits per heavy atom. The fraction of sp³-hybridized carbons (Fsp3) is 0.615. The molecule has 1 fully saturated rings. The number of aromatic nitrogens is 1. The summed E-state index contributed by atoms with van der Waals surface area (Å²) >= 11 is 0. The lowest BCUT2D eigenvalue weighted by Crippen LogP contribution is -2.36. The van der Waals surface area contributed by atoms with E-state index >= 15 is 0 Å². The van der Waals surface area contributed by atoms with Gasteiger partial charge >= 0.3 is 6.18 Å². The number of halogens is 3. The van der Waals surface area contributed by atoms with E-state index in [1.807, 2.05) is 13.8 Å². The van der Waals surface area contributed by atoms with Crippen LogP contribution in [0.2, 0.25) is 0 Å². The van der Waals surface area contributed by atoms with E-state index < -0.39 is 12.7 Å². The molecule has 1 aliphatic carbocycles. The molecule has 0 aliphatic heterocycles. The van der Waals surface area contributed by atoms with E-state index in [1.54, 1.807) is 6.20 Å². The summed E-state index contributed by atoms with van der Waals surface area (Å²) in [6, 6.07) is 0.0327. The van der Waals surface area contributed by atoms with Crippen molar-refractivity contribution in [3.63, 3.8) is 0 Å². The van der Waals surface area contributed by atoms with Crippen LogP contribution in [0.15, 0.2) is 6.20 Å². The number of hydrogen-bond acceptors (Lipinski definition) is 3. The number of anilines is 1. The number of nitrogen functional groups attached to an aromatic ring is 1. The predicted molar refractivity (Wildman–Crippen MR) is 67.6 cm³/mol. The van der Waals surface area contributed by atoms with E-state index in [0.29, 0.717) is 11.4 Å². The topological polar surface area (TPSA) is 42.2 Å². The molecule has 0 atom stereocenters. The molecule has 0 bridgehead atoms. The fourth-order valence-corrected chi connectivity index (χ4v) is 2.13. The van der Waals surface area contributed by atoms with E-state index in [1.165, 1.54) is 4.90 Å². The van der Waals surface area contributed by atoms with Crippen molar-refractivity contribution in [3.8, 4) is 0 Å². The minimum absolute atomic E-state index is 0.0327. The molecule has 1 aromatic heterocycles. The Balaban J connectivity index is 2.15. The van der Waals surface area contributed by atoms with Gasteiger partial charge in [-0.25, -0.2) is 0 Å². The first-order valence-corrected chi connectivity index (χ1v) is 6.29. The Morgan fingerprint density at radius 2 is 2.00 bits per heavy atom. The summed E-state index contributed by atoms with van der Waals surface area (Å²) in [5, 5.41) is 0. The Labute approximate surface area is 110 Å². The quantitative estimate of drug-likeness (QED) is 0.917. The van der Waals surface area contributed by atoms with E-state index in [0.717, 1.165) is 24.0 Å². The lowest BCUT2D eigenvalue weighted by molar-refractivity contribution is -0.148. The Bertz CT molecular complexity index is 467. The van der Waals surface area contributed by atoms with Crippen LogP contribution in [0.1, 0.15) is 29.7 Å². The highest BCUT2D eigenvalue weighted by atomic mass is 19.4. The number of nitrogens with zero attached hydrogens (tertiary/aromatic N) is 2. The molecule has 1 aliphatic rings. The molecular formula is C13H18F3N3. The van der Waals surface area contributed by atoms with Gasteiger partial charge < -0.3 is 5.73 Å². The molecule has 2 N–H and O–H groups in total. The minimum Gasteiger partial charge on any atom is -0.398 e. The van der Waals surface area contributed by atoms with Crippen LogP contribution in [0.3, 0.4) is 0 Å². The molecule has 1 aromatic rings. The summed E-state index contributed by atoms with van der Waals surface area (Å²) in [5.74, 6) is 0. The molecule has 19 heavy (non-hydrogen) atoms. The lowest BCUT2D eigenvalue weighted by atomic mass is 10.1. The van der Waals surface area contributed by atoms with Gasteiger partial charge in [-0.15, -0.1) is 0 Å². The first kappa shape index (κ1) is 14.1. The highest BCUT2D eigenvalue weighted by Crippen LogP contribution is 2.32. The van der Waals surface area contributed by atoms with Crippen molar-refractivity contribution in [1.82, 2.24) is 9.88 Å². The van der Waals surface area contributed by atoms with Crippen LogP contribution in [-0.4, -0.2) is 28.6 Å². The van der Waals surface area contributed by atoms with E-state index in [4.69, 9.17) is 5.73 Å². The molecule has 106 valence electrons. The number of rotatable bonds is 4. The van der Waals surface area contributed by atoms with Crippen LogP contribution in [0, 0.1) is 13.8 Å². The van der Waals surface area contributed by atoms with Gasteiger partial charge in [-0.05, 0) is 37.8 Å². The van der Waals surface area contributed by atoms with Crippen molar-refractivity contribution in [3.05, 3.63) is 23.0 Å². The molecule has 0 unspecified atom stereocenters. The number of nitrogens with two attached hydrogens (primary N) is 1. The minimum atomic E-state index is -4.17. The largest absolute Gasteiger partial charge is 0.401 e. The van der Waals surface area contributed by atoms with Crippen LogP contribution in [0.5, 0.6) is 0 Å². The van der Waals surface area contributed by atoms with E-state index in [-0.39, 0.29) is 12.6 Å². The first-order valence-electron chi connectivity index (χ1n) is 6.29. The summed E-state index contributed by atoms with van der Waals surface area (Å²) in [5.41, 5.74) is 8.79. The lowest BCUT2D eigenvalue weighted by Gasteiger charge is -2.24.